The van der Waals surface area contributed by atoms with E-state index in [4.69, 9.17) is 9.47 Å². The Hall–Kier alpha value is -0.900. The van der Waals surface area contributed by atoms with Crippen molar-refractivity contribution < 1.29 is 9.47 Å². The van der Waals surface area contributed by atoms with Crippen molar-refractivity contribution in [3.8, 4) is 0 Å². The van der Waals surface area contributed by atoms with E-state index in [0.29, 0.717) is 5.92 Å². The summed E-state index contributed by atoms with van der Waals surface area (Å²) in [6, 6.07) is 6.76. The van der Waals surface area contributed by atoms with Crippen LogP contribution in [0.1, 0.15) is 35.6 Å². The molecule has 1 saturated heterocycles. The van der Waals surface area contributed by atoms with Crippen LogP contribution in [0.4, 0.5) is 0 Å². The van der Waals surface area contributed by atoms with Crippen molar-refractivity contribution in [3.05, 3.63) is 34.9 Å². The normalized spacial score (nSPS) is 22.9. The smallest absolute Gasteiger partial charge is 0.0865 e. The van der Waals surface area contributed by atoms with E-state index in [0.717, 1.165) is 32.7 Å². The molecule has 1 aliphatic rings. The van der Waals surface area contributed by atoms with E-state index in [9.17, 15) is 0 Å². The van der Waals surface area contributed by atoms with E-state index in [-0.39, 0.29) is 6.10 Å². The molecule has 0 aromatic heterocycles. The molecular formula is C17H27NO2. The summed E-state index contributed by atoms with van der Waals surface area (Å²) in [4.78, 5) is 0. The molecule has 1 heterocycles. The maximum atomic E-state index is 6.07. The second kappa shape index (κ2) is 7.77. The molecule has 0 radical (unpaired) electrons. The van der Waals surface area contributed by atoms with Crippen molar-refractivity contribution in [1.29, 1.82) is 0 Å². The van der Waals surface area contributed by atoms with Crippen LogP contribution in [0.15, 0.2) is 18.2 Å². The Labute approximate surface area is 122 Å². The van der Waals surface area contributed by atoms with Gasteiger partial charge < -0.3 is 14.8 Å². The van der Waals surface area contributed by atoms with E-state index in [1.807, 2.05) is 0 Å². The van der Waals surface area contributed by atoms with Gasteiger partial charge in [-0.15, -0.1) is 0 Å². The molecule has 1 aromatic carbocycles. The first kappa shape index (κ1) is 15.5. The Morgan fingerprint density at radius 2 is 2.00 bits per heavy atom. The van der Waals surface area contributed by atoms with Crippen LogP contribution >= 0.6 is 0 Å². The molecule has 0 bridgehead atoms. The molecule has 2 atom stereocenters. The molecule has 0 saturated carbocycles. The van der Waals surface area contributed by atoms with Crippen LogP contribution in [0.3, 0.4) is 0 Å². The third-order valence-electron chi connectivity index (χ3n) is 3.91. The van der Waals surface area contributed by atoms with Crippen LogP contribution in [-0.4, -0.2) is 33.4 Å². The fourth-order valence-electron chi connectivity index (χ4n) is 3.06. The van der Waals surface area contributed by atoms with Gasteiger partial charge in [-0.2, -0.15) is 0 Å². The molecule has 1 N–H and O–H groups in total. The quantitative estimate of drug-likeness (QED) is 0.811. The van der Waals surface area contributed by atoms with E-state index in [1.165, 1.54) is 23.1 Å². The van der Waals surface area contributed by atoms with Gasteiger partial charge in [-0.05, 0) is 32.3 Å². The zero-order chi connectivity index (χ0) is 14.4. The molecule has 1 aliphatic heterocycles. The summed E-state index contributed by atoms with van der Waals surface area (Å²) in [5.41, 5.74) is 3.97. The topological polar surface area (TPSA) is 30.5 Å². The maximum absolute atomic E-state index is 6.07. The molecule has 3 nitrogen and oxygen atoms in total. The van der Waals surface area contributed by atoms with E-state index < -0.39 is 0 Å². The third-order valence-corrected chi connectivity index (χ3v) is 3.91. The number of rotatable bonds is 6. The highest BCUT2D eigenvalue weighted by Crippen LogP contribution is 2.34. The van der Waals surface area contributed by atoms with Crippen LogP contribution in [0.25, 0.3) is 0 Å². The SMILES string of the molecule is COCCNCC1CCCOC1c1cc(C)cc(C)c1. The number of hydrogen-bond acceptors (Lipinski definition) is 3. The molecule has 1 aromatic rings. The predicted molar refractivity (Wildman–Crippen MR) is 82.1 cm³/mol. The van der Waals surface area contributed by atoms with Gasteiger partial charge in [0, 0.05) is 32.7 Å². The van der Waals surface area contributed by atoms with Gasteiger partial charge in [-0.25, -0.2) is 0 Å². The highest BCUT2D eigenvalue weighted by atomic mass is 16.5. The highest BCUT2D eigenvalue weighted by Gasteiger charge is 2.27. The average Bonchev–Trinajstić information content (AvgIpc) is 2.43. The van der Waals surface area contributed by atoms with E-state index in [2.05, 4.69) is 37.4 Å². The van der Waals surface area contributed by atoms with Crippen molar-refractivity contribution >= 4 is 0 Å². The summed E-state index contributed by atoms with van der Waals surface area (Å²) in [7, 11) is 1.74. The number of aryl methyl sites for hydroxylation is 2. The number of nitrogens with one attached hydrogen (secondary N) is 1. The molecule has 1 fully saturated rings. The predicted octanol–water partition coefficient (Wildman–Crippen LogP) is 3.01. The maximum Gasteiger partial charge on any atom is 0.0865 e. The Morgan fingerprint density at radius 3 is 2.70 bits per heavy atom. The lowest BCUT2D eigenvalue weighted by Gasteiger charge is -2.32. The lowest BCUT2D eigenvalue weighted by Crippen LogP contribution is -2.33. The third kappa shape index (κ3) is 4.30. The van der Waals surface area contributed by atoms with Gasteiger partial charge >= 0.3 is 0 Å². The Morgan fingerprint density at radius 1 is 1.25 bits per heavy atom. The lowest BCUT2D eigenvalue weighted by atomic mass is 9.88. The molecule has 0 aliphatic carbocycles. The second-order valence-corrected chi connectivity index (χ2v) is 5.81. The van der Waals surface area contributed by atoms with Gasteiger partial charge in [0.05, 0.1) is 12.7 Å². The van der Waals surface area contributed by atoms with Gasteiger partial charge in [0.1, 0.15) is 0 Å². The first-order chi connectivity index (χ1) is 9.70. The lowest BCUT2D eigenvalue weighted by molar-refractivity contribution is -0.0280. The standard InChI is InChI=1S/C17H27NO2/c1-13-9-14(2)11-16(10-13)17-15(5-4-7-20-17)12-18-6-8-19-3/h9-11,15,17-18H,4-8,12H2,1-3H3. The molecule has 3 heteroatoms. The number of benzene rings is 1. The minimum atomic E-state index is 0.234. The molecule has 0 spiro atoms. The highest BCUT2D eigenvalue weighted by molar-refractivity contribution is 5.30. The van der Waals surface area contributed by atoms with Gasteiger partial charge in [0.2, 0.25) is 0 Å². The van der Waals surface area contributed by atoms with Crippen LogP contribution in [-0.2, 0) is 9.47 Å². The molecule has 2 unspecified atom stereocenters. The van der Waals surface area contributed by atoms with Crippen LogP contribution < -0.4 is 5.32 Å². The zero-order valence-electron chi connectivity index (χ0n) is 12.9. The van der Waals surface area contributed by atoms with Crippen molar-refractivity contribution in [3.63, 3.8) is 0 Å². The molecule has 2 rings (SSSR count). The molecule has 20 heavy (non-hydrogen) atoms. The summed E-state index contributed by atoms with van der Waals surface area (Å²) < 4.78 is 11.2. The number of methoxy groups -OCH3 is 1. The van der Waals surface area contributed by atoms with Crippen LogP contribution in [0.5, 0.6) is 0 Å². The van der Waals surface area contributed by atoms with Crippen molar-refractivity contribution in [2.45, 2.75) is 32.8 Å². The second-order valence-electron chi connectivity index (χ2n) is 5.81. The fraction of sp³-hybridized carbons (Fsp3) is 0.647. The first-order valence-corrected chi connectivity index (χ1v) is 7.60. The summed E-state index contributed by atoms with van der Waals surface area (Å²) in [5, 5.41) is 3.48. The van der Waals surface area contributed by atoms with E-state index in [1.54, 1.807) is 7.11 Å². The summed E-state index contributed by atoms with van der Waals surface area (Å²) in [6.45, 7) is 7.87. The molecular weight excluding hydrogens is 250 g/mol. The molecule has 0 amide bonds. The van der Waals surface area contributed by atoms with Gasteiger partial charge in [-0.1, -0.05) is 29.3 Å². The average molecular weight is 277 g/mol. The first-order valence-electron chi connectivity index (χ1n) is 7.60. The van der Waals surface area contributed by atoms with Crippen LogP contribution in [0, 0.1) is 19.8 Å². The summed E-state index contributed by atoms with van der Waals surface area (Å²) in [6.07, 6.45) is 2.63. The Balaban J connectivity index is 2.02. The van der Waals surface area contributed by atoms with Gasteiger partial charge in [-0.3, -0.25) is 0 Å². The van der Waals surface area contributed by atoms with Gasteiger partial charge in [0.25, 0.3) is 0 Å². The molecule has 112 valence electrons. The number of ether oxygens (including phenoxy) is 2. The largest absolute Gasteiger partial charge is 0.383 e. The summed E-state index contributed by atoms with van der Waals surface area (Å²) >= 11 is 0. The fourth-order valence-corrected chi connectivity index (χ4v) is 3.06. The Bertz CT molecular complexity index is 399. The van der Waals surface area contributed by atoms with Crippen molar-refractivity contribution in [1.82, 2.24) is 5.32 Å². The number of hydrogen-bond donors (Lipinski definition) is 1. The summed E-state index contributed by atoms with van der Waals surface area (Å²) in [5.74, 6) is 0.557. The minimum absolute atomic E-state index is 0.234. The van der Waals surface area contributed by atoms with Crippen molar-refractivity contribution in [2.75, 3.05) is 33.4 Å². The Kier molecular flexibility index (Phi) is 6.02. The monoisotopic (exact) mass is 277 g/mol. The van der Waals surface area contributed by atoms with E-state index >= 15 is 0 Å². The van der Waals surface area contributed by atoms with Crippen LogP contribution in [0.2, 0.25) is 0 Å². The van der Waals surface area contributed by atoms with Crippen molar-refractivity contribution in [2.24, 2.45) is 5.92 Å². The van der Waals surface area contributed by atoms with Gasteiger partial charge in [0.15, 0.2) is 0 Å². The minimum Gasteiger partial charge on any atom is -0.383 e. The zero-order valence-corrected chi connectivity index (χ0v) is 12.9.